The van der Waals surface area contributed by atoms with Gasteiger partial charge >= 0.3 is 0 Å². The molecular formula is C7H16N2O2S. The maximum atomic E-state index is 10.9. The average Bonchev–Trinajstić information content (AvgIpc) is 2.03. The number of hydrogen-bond acceptors (Lipinski definition) is 3. The second-order valence-electron chi connectivity index (χ2n) is 2.40. The summed E-state index contributed by atoms with van der Waals surface area (Å²) in [4.78, 5) is 10.3. The minimum atomic E-state index is -0.720. The van der Waals surface area contributed by atoms with Crippen LogP contribution < -0.4 is 11.1 Å². The summed E-state index contributed by atoms with van der Waals surface area (Å²) in [5.74, 6) is 1.03. The number of amides is 1. The SMILES string of the molecule is CCS(=O)CCNCCC(N)=O. The molecular weight excluding hydrogens is 176 g/mol. The molecule has 0 aromatic carbocycles. The van der Waals surface area contributed by atoms with Crippen molar-refractivity contribution in [2.45, 2.75) is 13.3 Å². The lowest BCUT2D eigenvalue weighted by Gasteiger charge is -2.01. The van der Waals surface area contributed by atoms with Crippen LogP contribution in [0.4, 0.5) is 0 Å². The minimum absolute atomic E-state index is 0.306. The second-order valence-corrected chi connectivity index (χ2v) is 4.26. The maximum absolute atomic E-state index is 10.9. The van der Waals surface area contributed by atoms with Crippen LogP contribution in [0.2, 0.25) is 0 Å². The molecule has 0 aromatic rings. The summed E-state index contributed by atoms with van der Waals surface area (Å²) in [5, 5.41) is 2.99. The molecule has 0 radical (unpaired) electrons. The first-order chi connectivity index (χ1) is 5.66. The van der Waals surface area contributed by atoms with Gasteiger partial charge < -0.3 is 11.1 Å². The van der Waals surface area contributed by atoms with Gasteiger partial charge in [0.05, 0.1) is 0 Å². The molecule has 1 atom stereocenters. The van der Waals surface area contributed by atoms with Crippen molar-refractivity contribution in [1.82, 2.24) is 5.32 Å². The Morgan fingerprint density at radius 1 is 1.50 bits per heavy atom. The van der Waals surface area contributed by atoms with E-state index in [9.17, 15) is 9.00 Å². The van der Waals surface area contributed by atoms with Gasteiger partial charge in [-0.25, -0.2) is 0 Å². The topological polar surface area (TPSA) is 72.2 Å². The third kappa shape index (κ3) is 7.68. The Hall–Kier alpha value is -0.420. The van der Waals surface area contributed by atoms with E-state index in [2.05, 4.69) is 5.32 Å². The van der Waals surface area contributed by atoms with Crippen molar-refractivity contribution >= 4 is 16.7 Å². The molecule has 1 unspecified atom stereocenters. The Morgan fingerprint density at radius 2 is 2.17 bits per heavy atom. The minimum Gasteiger partial charge on any atom is -0.370 e. The van der Waals surface area contributed by atoms with E-state index in [-0.39, 0.29) is 5.91 Å². The smallest absolute Gasteiger partial charge is 0.218 e. The molecule has 12 heavy (non-hydrogen) atoms. The molecule has 0 heterocycles. The summed E-state index contributed by atoms with van der Waals surface area (Å²) in [6, 6.07) is 0. The van der Waals surface area contributed by atoms with Gasteiger partial charge in [-0.1, -0.05) is 6.92 Å². The normalized spacial score (nSPS) is 12.8. The molecule has 0 rings (SSSR count). The van der Waals surface area contributed by atoms with Crippen LogP contribution in [0.25, 0.3) is 0 Å². The number of primary amides is 1. The number of hydrogen-bond donors (Lipinski definition) is 2. The second kappa shape index (κ2) is 7.24. The third-order valence-corrected chi connectivity index (χ3v) is 2.68. The van der Waals surface area contributed by atoms with Gasteiger partial charge in [0, 0.05) is 41.8 Å². The van der Waals surface area contributed by atoms with Gasteiger partial charge in [-0.2, -0.15) is 0 Å². The number of carbonyl (C=O) groups is 1. The van der Waals surface area contributed by atoms with Gasteiger partial charge in [0.2, 0.25) is 5.91 Å². The fourth-order valence-electron chi connectivity index (χ4n) is 0.667. The van der Waals surface area contributed by atoms with Crippen molar-refractivity contribution in [3.8, 4) is 0 Å². The summed E-state index contributed by atoms with van der Waals surface area (Å²) >= 11 is 0. The highest BCUT2D eigenvalue weighted by Gasteiger charge is 1.96. The van der Waals surface area contributed by atoms with Crippen molar-refractivity contribution < 1.29 is 9.00 Å². The van der Waals surface area contributed by atoms with Crippen molar-refractivity contribution in [3.05, 3.63) is 0 Å². The van der Waals surface area contributed by atoms with Crippen LogP contribution in [0.15, 0.2) is 0 Å². The highest BCUT2D eigenvalue weighted by atomic mass is 32.2. The Kier molecular flexibility index (Phi) is 6.99. The van der Waals surface area contributed by atoms with Crippen LogP contribution in [-0.2, 0) is 15.6 Å². The van der Waals surface area contributed by atoms with Crippen LogP contribution in [0.5, 0.6) is 0 Å². The predicted molar refractivity (Wildman–Crippen MR) is 50.2 cm³/mol. The van der Waals surface area contributed by atoms with Crippen molar-refractivity contribution in [2.24, 2.45) is 5.73 Å². The molecule has 0 aliphatic carbocycles. The van der Waals surface area contributed by atoms with E-state index in [0.29, 0.717) is 31.0 Å². The lowest BCUT2D eigenvalue weighted by Crippen LogP contribution is -2.25. The Labute approximate surface area is 75.4 Å². The van der Waals surface area contributed by atoms with Gasteiger partial charge in [-0.15, -0.1) is 0 Å². The van der Waals surface area contributed by atoms with Crippen LogP contribution in [-0.4, -0.2) is 34.7 Å². The highest BCUT2D eigenvalue weighted by molar-refractivity contribution is 7.84. The molecule has 0 aliphatic rings. The quantitative estimate of drug-likeness (QED) is 0.520. The van der Waals surface area contributed by atoms with E-state index in [1.54, 1.807) is 0 Å². The zero-order chi connectivity index (χ0) is 9.40. The lowest BCUT2D eigenvalue weighted by molar-refractivity contribution is -0.117. The van der Waals surface area contributed by atoms with Crippen LogP contribution in [0.1, 0.15) is 13.3 Å². The van der Waals surface area contributed by atoms with E-state index in [1.165, 1.54) is 0 Å². The molecule has 0 spiro atoms. The van der Waals surface area contributed by atoms with E-state index in [1.807, 2.05) is 6.92 Å². The summed E-state index contributed by atoms with van der Waals surface area (Å²) in [5.41, 5.74) is 4.92. The maximum Gasteiger partial charge on any atom is 0.218 e. The zero-order valence-corrected chi connectivity index (χ0v) is 8.15. The fourth-order valence-corrected chi connectivity index (χ4v) is 1.33. The zero-order valence-electron chi connectivity index (χ0n) is 7.34. The Morgan fingerprint density at radius 3 is 2.67 bits per heavy atom. The number of rotatable bonds is 7. The standard InChI is InChI=1S/C7H16N2O2S/c1-2-12(11)6-5-9-4-3-7(8)10/h9H,2-6H2,1H3,(H2,8,10). The number of carbonyl (C=O) groups excluding carboxylic acids is 1. The summed E-state index contributed by atoms with van der Waals surface area (Å²) in [7, 11) is -0.720. The molecule has 0 bridgehead atoms. The first kappa shape index (κ1) is 11.6. The van der Waals surface area contributed by atoms with Gasteiger partial charge in [0.1, 0.15) is 0 Å². The Balaban J connectivity index is 3.11. The fraction of sp³-hybridized carbons (Fsp3) is 0.857. The van der Waals surface area contributed by atoms with E-state index in [0.717, 1.165) is 0 Å². The van der Waals surface area contributed by atoms with E-state index >= 15 is 0 Å². The molecule has 0 aliphatic heterocycles. The van der Waals surface area contributed by atoms with Gasteiger partial charge in [-0.3, -0.25) is 9.00 Å². The van der Waals surface area contributed by atoms with E-state index in [4.69, 9.17) is 5.73 Å². The molecule has 5 heteroatoms. The van der Waals surface area contributed by atoms with E-state index < -0.39 is 10.8 Å². The van der Waals surface area contributed by atoms with Gasteiger partial charge in [-0.05, 0) is 0 Å². The largest absolute Gasteiger partial charge is 0.370 e. The molecule has 0 fully saturated rings. The highest BCUT2D eigenvalue weighted by Crippen LogP contribution is 1.79. The van der Waals surface area contributed by atoms with Crippen molar-refractivity contribution in [2.75, 3.05) is 24.6 Å². The van der Waals surface area contributed by atoms with Gasteiger partial charge in [0.15, 0.2) is 0 Å². The van der Waals surface area contributed by atoms with Crippen LogP contribution in [0, 0.1) is 0 Å². The number of nitrogens with two attached hydrogens (primary N) is 1. The first-order valence-corrected chi connectivity index (χ1v) is 5.49. The van der Waals surface area contributed by atoms with Crippen LogP contribution in [0.3, 0.4) is 0 Å². The molecule has 72 valence electrons. The lowest BCUT2D eigenvalue weighted by atomic mass is 10.4. The molecule has 1 amide bonds. The summed E-state index contributed by atoms with van der Waals surface area (Å²) < 4.78 is 10.9. The third-order valence-electron chi connectivity index (χ3n) is 1.38. The molecule has 3 N–H and O–H groups in total. The molecule has 0 saturated carbocycles. The van der Waals surface area contributed by atoms with Crippen LogP contribution >= 0.6 is 0 Å². The summed E-state index contributed by atoms with van der Waals surface area (Å²) in [6.07, 6.45) is 0.346. The van der Waals surface area contributed by atoms with Gasteiger partial charge in [0.25, 0.3) is 0 Å². The van der Waals surface area contributed by atoms with Crippen molar-refractivity contribution in [1.29, 1.82) is 0 Å². The predicted octanol–water partition coefficient (Wildman–Crippen LogP) is -0.780. The molecule has 0 saturated heterocycles. The number of nitrogens with one attached hydrogen (secondary N) is 1. The molecule has 0 aromatic heterocycles. The van der Waals surface area contributed by atoms with Crippen molar-refractivity contribution in [3.63, 3.8) is 0 Å². The first-order valence-electron chi connectivity index (χ1n) is 4.00. The summed E-state index contributed by atoms with van der Waals surface area (Å²) in [6.45, 7) is 3.16. The molecule has 4 nitrogen and oxygen atoms in total. The monoisotopic (exact) mass is 192 g/mol. The Bertz CT molecular complexity index is 161. The average molecular weight is 192 g/mol.